The molecule has 1 N–H and O–H groups in total. The van der Waals surface area contributed by atoms with E-state index in [0.717, 1.165) is 20.8 Å². The quantitative estimate of drug-likeness (QED) is 0.259. The summed E-state index contributed by atoms with van der Waals surface area (Å²) in [7, 11) is 0. The lowest BCUT2D eigenvalue weighted by molar-refractivity contribution is -0.330. The standard InChI is InChI=1S/C32H40O12/c1-17-15-23(40-19(3)34)28(43-24(37)14-13-22-11-9-8-10-12-22)31(16-39-18(2)33)29(42-21(5)36)26(41-20(4)35)25-27(38)32(17,31)44-30(25,6)7/h8-14,17,23,25-29,38H,15-16H2,1-7H3/b14-13+/t17-,23+,25-,26+,27-,28+,29-,31+,32-/m1/s1. The fourth-order valence-corrected chi connectivity index (χ4v) is 7.65. The highest BCUT2D eigenvalue weighted by Gasteiger charge is 2.84. The number of carbonyl (C=O) groups excluding carboxylic acids is 5. The fraction of sp³-hybridized carbons (Fsp3) is 0.594. The molecule has 12 nitrogen and oxygen atoms in total. The van der Waals surface area contributed by atoms with Gasteiger partial charge in [-0.15, -0.1) is 0 Å². The molecule has 0 amide bonds. The van der Waals surface area contributed by atoms with Crippen molar-refractivity contribution in [2.75, 3.05) is 6.61 Å². The van der Waals surface area contributed by atoms with Crippen LogP contribution < -0.4 is 0 Å². The maximum atomic E-state index is 13.5. The number of hydrogen-bond donors (Lipinski definition) is 1. The van der Waals surface area contributed by atoms with Crippen molar-refractivity contribution in [2.24, 2.45) is 17.3 Å². The lowest BCUT2D eigenvalue weighted by Gasteiger charge is -2.64. The third-order valence-electron chi connectivity index (χ3n) is 8.95. The van der Waals surface area contributed by atoms with Crippen molar-refractivity contribution >= 4 is 35.9 Å². The van der Waals surface area contributed by atoms with Gasteiger partial charge in [0.1, 0.15) is 29.8 Å². The molecule has 1 spiro atoms. The van der Waals surface area contributed by atoms with Crippen LogP contribution in [0.5, 0.6) is 0 Å². The van der Waals surface area contributed by atoms with Gasteiger partial charge < -0.3 is 33.5 Å². The average Bonchev–Trinajstić information content (AvgIpc) is 3.09. The number of rotatable bonds is 8. The zero-order chi connectivity index (χ0) is 32.6. The first-order valence-electron chi connectivity index (χ1n) is 14.5. The predicted octanol–water partition coefficient (Wildman–Crippen LogP) is 2.53. The van der Waals surface area contributed by atoms with Crippen LogP contribution in [0.4, 0.5) is 0 Å². The maximum Gasteiger partial charge on any atom is 0.331 e. The Labute approximate surface area is 255 Å². The van der Waals surface area contributed by atoms with Crippen molar-refractivity contribution in [3.63, 3.8) is 0 Å². The van der Waals surface area contributed by atoms with E-state index in [0.29, 0.717) is 5.56 Å². The van der Waals surface area contributed by atoms with Gasteiger partial charge in [0.15, 0.2) is 12.2 Å². The zero-order valence-corrected chi connectivity index (χ0v) is 25.9. The molecular weight excluding hydrogens is 576 g/mol. The van der Waals surface area contributed by atoms with Gasteiger partial charge in [-0.3, -0.25) is 19.2 Å². The molecule has 1 heterocycles. The Bertz CT molecular complexity index is 1320. The molecule has 9 atom stereocenters. The summed E-state index contributed by atoms with van der Waals surface area (Å²) in [6.07, 6.45) is -4.12. The highest BCUT2D eigenvalue weighted by Crippen LogP contribution is 2.67. The summed E-state index contributed by atoms with van der Waals surface area (Å²) in [4.78, 5) is 63.5. The van der Waals surface area contributed by atoms with Crippen molar-refractivity contribution in [2.45, 2.75) is 96.6 Å². The number of fused-ring (bicyclic) bond motifs is 1. The van der Waals surface area contributed by atoms with Gasteiger partial charge >= 0.3 is 29.8 Å². The van der Waals surface area contributed by atoms with E-state index in [1.165, 1.54) is 19.1 Å². The van der Waals surface area contributed by atoms with Crippen LogP contribution >= 0.6 is 0 Å². The van der Waals surface area contributed by atoms with Gasteiger partial charge in [0.25, 0.3) is 0 Å². The number of esters is 5. The molecule has 1 aliphatic heterocycles. The van der Waals surface area contributed by atoms with Crippen LogP contribution in [0.15, 0.2) is 36.4 Å². The molecule has 1 aromatic carbocycles. The van der Waals surface area contributed by atoms with Gasteiger partial charge in [0.05, 0.1) is 17.6 Å². The fourth-order valence-electron chi connectivity index (χ4n) is 7.65. The van der Waals surface area contributed by atoms with Crippen LogP contribution in [0.1, 0.15) is 60.5 Å². The number of aliphatic hydroxyl groups is 1. The third-order valence-corrected chi connectivity index (χ3v) is 8.95. The minimum absolute atomic E-state index is 0.0621. The van der Waals surface area contributed by atoms with Gasteiger partial charge in [-0.1, -0.05) is 37.3 Å². The maximum absolute atomic E-state index is 13.5. The van der Waals surface area contributed by atoms with E-state index < -0.39 is 95.4 Å². The summed E-state index contributed by atoms with van der Waals surface area (Å²) in [6.45, 7) is 9.21. The molecule has 240 valence electrons. The molecule has 3 aliphatic rings. The molecule has 4 rings (SSSR count). The molecule has 0 radical (unpaired) electrons. The average molecular weight is 617 g/mol. The van der Waals surface area contributed by atoms with Crippen molar-refractivity contribution in [3.8, 4) is 0 Å². The lowest BCUT2D eigenvalue weighted by Crippen LogP contribution is -2.81. The topological polar surface area (TPSA) is 161 Å². The van der Waals surface area contributed by atoms with Crippen LogP contribution in [0.2, 0.25) is 0 Å². The Morgan fingerprint density at radius 3 is 2.07 bits per heavy atom. The smallest absolute Gasteiger partial charge is 0.331 e. The normalized spacial score (nSPS) is 35.2. The summed E-state index contributed by atoms with van der Waals surface area (Å²) in [6, 6.07) is 8.95. The number of aliphatic hydroxyl groups excluding tert-OH is 1. The van der Waals surface area contributed by atoms with E-state index in [-0.39, 0.29) is 6.42 Å². The van der Waals surface area contributed by atoms with E-state index in [1.807, 2.05) is 6.07 Å². The van der Waals surface area contributed by atoms with E-state index >= 15 is 0 Å². The molecule has 3 fully saturated rings. The molecule has 2 saturated carbocycles. The van der Waals surface area contributed by atoms with Crippen molar-refractivity contribution in [1.29, 1.82) is 0 Å². The van der Waals surface area contributed by atoms with Crippen LogP contribution in [0, 0.1) is 17.3 Å². The van der Waals surface area contributed by atoms with Crippen LogP contribution in [0.3, 0.4) is 0 Å². The Morgan fingerprint density at radius 1 is 0.886 bits per heavy atom. The molecule has 1 saturated heterocycles. The first-order chi connectivity index (χ1) is 20.6. The van der Waals surface area contributed by atoms with Gasteiger partial charge in [-0.05, 0) is 37.8 Å². The number of hydrogen-bond acceptors (Lipinski definition) is 12. The number of ether oxygens (including phenoxy) is 6. The highest BCUT2D eigenvalue weighted by atomic mass is 16.6. The SMILES string of the molecule is CC(=O)OC[C@]12[C@H](OC(C)=O)[C@@H](OC(C)=O)[C@@H]3[C@@H](O)[C@]1(OC3(C)C)[C@H](C)C[C@H](OC(C)=O)[C@@H]2OC(=O)/C=C/c1ccccc1. The van der Waals surface area contributed by atoms with E-state index in [1.54, 1.807) is 45.0 Å². The van der Waals surface area contributed by atoms with Crippen LogP contribution in [0.25, 0.3) is 6.08 Å². The van der Waals surface area contributed by atoms with Gasteiger partial charge in [-0.2, -0.15) is 0 Å². The van der Waals surface area contributed by atoms with Gasteiger partial charge in [0, 0.05) is 33.8 Å². The Kier molecular flexibility index (Phi) is 9.27. The van der Waals surface area contributed by atoms with Gasteiger partial charge in [0.2, 0.25) is 0 Å². The second kappa shape index (κ2) is 12.3. The Hall–Kier alpha value is -3.77. The van der Waals surface area contributed by atoms with Crippen molar-refractivity contribution in [1.82, 2.24) is 0 Å². The van der Waals surface area contributed by atoms with Crippen LogP contribution in [-0.2, 0) is 52.4 Å². The van der Waals surface area contributed by atoms with E-state index in [2.05, 4.69) is 0 Å². The molecule has 1 aromatic rings. The molecule has 0 unspecified atom stereocenters. The molecule has 2 bridgehead atoms. The van der Waals surface area contributed by atoms with Crippen molar-refractivity contribution < 1.29 is 57.5 Å². The van der Waals surface area contributed by atoms with Crippen LogP contribution in [-0.4, -0.2) is 83.3 Å². The molecule has 0 aromatic heterocycles. The lowest BCUT2D eigenvalue weighted by atomic mass is 9.47. The highest BCUT2D eigenvalue weighted by molar-refractivity contribution is 5.87. The summed E-state index contributed by atoms with van der Waals surface area (Å²) in [5, 5.41) is 12.2. The van der Waals surface area contributed by atoms with Crippen molar-refractivity contribution in [3.05, 3.63) is 42.0 Å². The number of carbonyl (C=O) groups is 5. The largest absolute Gasteiger partial charge is 0.465 e. The molecular formula is C32H40O12. The van der Waals surface area contributed by atoms with E-state index in [9.17, 15) is 29.1 Å². The second-order valence-electron chi connectivity index (χ2n) is 12.3. The zero-order valence-electron chi connectivity index (χ0n) is 25.9. The van der Waals surface area contributed by atoms with E-state index in [4.69, 9.17) is 28.4 Å². The van der Waals surface area contributed by atoms with Gasteiger partial charge in [-0.25, -0.2) is 4.79 Å². The minimum Gasteiger partial charge on any atom is -0.465 e. The first kappa shape index (κ1) is 33.1. The number of benzene rings is 1. The monoisotopic (exact) mass is 616 g/mol. The molecule has 2 aliphatic carbocycles. The summed E-state index contributed by atoms with van der Waals surface area (Å²) >= 11 is 0. The summed E-state index contributed by atoms with van der Waals surface area (Å²) < 4.78 is 35.9. The molecule has 12 heteroatoms. The third kappa shape index (κ3) is 5.72. The Balaban J connectivity index is 2.00. The Morgan fingerprint density at radius 2 is 1.50 bits per heavy atom. The predicted molar refractivity (Wildman–Crippen MR) is 152 cm³/mol. The summed E-state index contributed by atoms with van der Waals surface area (Å²) in [5.74, 6) is -5.36. The summed E-state index contributed by atoms with van der Waals surface area (Å²) in [5.41, 5.74) is -4.10. The second-order valence-corrected chi connectivity index (χ2v) is 12.3. The minimum atomic E-state index is -1.93. The first-order valence-corrected chi connectivity index (χ1v) is 14.5. The molecule has 44 heavy (non-hydrogen) atoms.